The summed E-state index contributed by atoms with van der Waals surface area (Å²) < 4.78 is 5.48. The summed E-state index contributed by atoms with van der Waals surface area (Å²) in [5.74, 6) is 2.21. The van der Waals surface area contributed by atoms with Gasteiger partial charge in [-0.15, -0.1) is 10.2 Å². The Morgan fingerprint density at radius 3 is 2.83 bits per heavy atom. The third-order valence-corrected chi connectivity index (χ3v) is 3.82. The highest BCUT2D eigenvalue weighted by Gasteiger charge is 2.09. The predicted octanol–water partition coefficient (Wildman–Crippen LogP) is 3.01. The van der Waals surface area contributed by atoms with E-state index >= 15 is 0 Å². The lowest BCUT2D eigenvalue weighted by Gasteiger charge is -2.06. The molecule has 2 N–H and O–H groups in total. The Morgan fingerprint density at radius 1 is 1.35 bits per heavy atom. The van der Waals surface area contributed by atoms with Crippen LogP contribution in [0, 0.1) is 13.8 Å². The van der Waals surface area contributed by atoms with Crippen LogP contribution in [-0.4, -0.2) is 21.1 Å². The van der Waals surface area contributed by atoms with E-state index in [1.54, 1.807) is 17.6 Å². The molecule has 0 aliphatic rings. The molecule has 0 atom stereocenters. The van der Waals surface area contributed by atoms with E-state index in [-0.39, 0.29) is 5.91 Å². The molecular weight excluding hydrogens is 314 g/mol. The van der Waals surface area contributed by atoms with Gasteiger partial charge in [0, 0.05) is 18.3 Å². The molecule has 0 spiro atoms. The lowest BCUT2D eigenvalue weighted by Crippen LogP contribution is -2.12. The molecule has 0 bridgehead atoms. The number of nitrogens with one attached hydrogen (secondary N) is 2. The molecule has 0 unspecified atom stereocenters. The van der Waals surface area contributed by atoms with Gasteiger partial charge in [-0.1, -0.05) is 11.3 Å². The summed E-state index contributed by atoms with van der Waals surface area (Å²) in [6, 6.07) is 5.46. The third-order valence-electron chi connectivity index (χ3n) is 3.21. The first-order chi connectivity index (χ1) is 11.1. The van der Waals surface area contributed by atoms with Crippen LogP contribution in [0.15, 0.2) is 34.3 Å². The number of pyridine rings is 1. The smallest absolute Gasteiger partial charge is 0.259 e. The Balaban J connectivity index is 1.60. The fraction of sp³-hybridized carbons (Fsp3) is 0.200. The van der Waals surface area contributed by atoms with E-state index in [4.69, 9.17) is 4.42 Å². The molecule has 3 rings (SSSR count). The maximum Gasteiger partial charge on any atom is 0.259 e. The molecule has 0 aliphatic carbocycles. The van der Waals surface area contributed by atoms with E-state index < -0.39 is 0 Å². The van der Waals surface area contributed by atoms with Crippen LogP contribution in [-0.2, 0) is 6.54 Å². The first kappa shape index (κ1) is 15.2. The summed E-state index contributed by atoms with van der Waals surface area (Å²) in [6.45, 7) is 4.46. The molecule has 23 heavy (non-hydrogen) atoms. The molecule has 0 saturated carbocycles. The number of nitrogens with zero attached hydrogens (tertiary/aromatic N) is 3. The van der Waals surface area contributed by atoms with Crippen LogP contribution in [0.3, 0.4) is 0 Å². The molecule has 0 radical (unpaired) electrons. The van der Waals surface area contributed by atoms with Gasteiger partial charge in [0.15, 0.2) is 0 Å². The predicted molar refractivity (Wildman–Crippen MR) is 87.6 cm³/mol. The lowest BCUT2D eigenvalue weighted by atomic mass is 10.2. The topological polar surface area (TPSA) is 92.9 Å². The summed E-state index contributed by atoms with van der Waals surface area (Å²) in [7, 11) is 0. The van der Waals surface area contributed by atoms with Crippen molar-refractivity contribution >= 4 is 28.2 Å². The molecular formula is C15H15N5O2S. The number of hydrogen-bond donors (Lipinski definition) is 2. The number of furan rings is 1. The van der Waals surface area contributed by atoms with Gasteiger partial charge < -0.3 is 9.73 Å². The van der Waals surface area contributed by atoms with Crippen molar-refractivity contribution in [3.63, 3.8) is 0 Å². The number of aromatic nitrogens is 3. The van der Waals surface area contributed by atoms with Gasteiger partial charge in [0.25, 0.3) is 5.91 Å². The average molecular weight is 329 g/mol. The quantitative estimate of drug-likeness (QED) is 0.747. The number of carbonyl (C=O) groups is 1. The molecule has 8 heteroatoms. The van der Waals surface area contributed by atoms with E-state index in [1.165, 1.54) is 17.5 Å². The van der Waals surface area contributed by atoms with Crippen molar-refractivity contribution < 1.29 is 9.21 Å². The zero-order valence-corrected chi connectivity index (χ0v) is 13.5. The zero-order valence-electron chi connectivity index (χ0n) is 12.7. The highest BCUT2D eigenvalue weighted by atomic mass is 32.1. The molecule has 0 fully saturated rings. The largest absolute Gasteiger partial charge is 0.466 e. The van der Waals surface area contributed by atoms with Gasteiger partial charge in [-0.25, -0.2) is 4.98 Å². The van der Waals surface area contributed by atoms with Gasteiger partial charge in [0.1, 0.15) is 22.8 Å². The number of anilines is 2. The van der Waals surface area contributed by atoms with Gasteiger partial charge in [-0.05, 0) is 32.0 Å². The van der Waals surface area contributed by atoms with Crippen LogP contribution < -0.4 is 10.6 Å². The molecule has 3 aromatic rings. The van der Waals surface area contributed by atoms with Crippen molar-refractivity contribution in [1.82, 2.24) is 15.2 Å². The summed E-state index contributed by atoms with van der Waals surface area (Å²) >= 11 is 1.26. The van der Waals surface area contributed by atoms with Crippen LogP contribution in [0.5, 0.6) is 0 Å². The lowest BCUT2D eigenvalue weighted by molar-refractivity contribution is 0.102. The summed E-state index contributed by atoms with van der Waals surface area (Å²) in [6.07, 6.45) is 1.52. The third kappa shape index (κ3) is 3.72. The van der Waals surface area contributed by atoms with Crippen molar-refractivity contribution in [3.8, 4) is 0 Å². The number of amides is 1. The maximum atomic E-state index is 12.0. The van der Waals surface area contributed by atoms with E-state index in [1.807, 2.05) is 19.9 Å². The van der Waals surface area contributed by atoms with E-state index in [2.05, 4.69) is 25.8 Å². The number of aryl methyl sites for hydroxylation is 2. The van der Waals surface area contributed by atoms with Crippen molar-refractivity contribution in [1.29, 1.82) is 0 Å². The molecule has 3 aromatic heterocycles. The Bertz CT molecular complexity index is 796. The molecule has 0 saturated heterocycles. The maximum absolute atomic E-state index is 12.0. The summed E-state index contributed by atoms with van der Waals surface area (Å²) in [4.78, 5) is 16.3. The SMILES string of the molecule is Cc1cc(CNc2ccc(C(=O)Nc3nncs3)cn2)c(C)o1. The van der Waals surface area contributed by atoms with Gasteiger partial charge in [0.05, 0.1) is 5.56 Å². The van der Waals surface area contributed by atoms with Crippen molar-refractivity contribution in [3.05, 3.63) is 52.6 Å². The summed E-state index contributed by atoms with van der Waals surface area (Å²) in [5, 5.41) is 13.8. The first-order valence-electron chi connectivity index (χ1n) is 6.95. The van der Waals surface area contributed by atoms with Crippen molar-refractivity contribution in [2.75, 3.05) is 10.6 Å². The zero-order chi connectivity index (χ0) is 16.2. The fourth-order valence-corrected chi connectivity index (χ4v) is 2.51. The molecule has 0 aliphatic heterocycles. The van der Waals surface area contributed by atoms with Crippen LogP contribution in [0.2, 0.25) is 0 Å². The minimum atomic E-state index is -0.262. The van der Waals surface area contributed by atoms with Crippen LogP contribution in [0.4, 0.5) is 10.9 Å². The van der Waals surface area contributed by atoms with Crippen LogP contribution in [0.1, 0.15) is 27.4 Å². The van der Waals surface area contributed by atoms with Gasteiger partial charge in [-0.2, -0.15) is 0 Å². The minimum absolute atomic E-state index is 0.262. The van der Waals surface area contributed by atoms with Crippen LogP contribution in [0.25, 0.3) is 0 Å². The van der Waals surface area contributed by atoms with Crippen LogP contribution >= 0.6 is 11.3 Å². The second-order valence-electron chi connectivity index (χ2n) is 4.92. The Labute approximate surface area is 136 Å². The van der Waals surface area contributed by atoms with Crippen molar-refractivity contribution in [2.24, 2.45) is 0 Å². The molecule has 3 heterocycles. The standard InChI is InChI=1S/C15H15N5O2S/c1-9-5-12(10(2)22-9)7-17-13-4-3-11(6-16-13)14(21)19-15-20-18-8-23-15/h3-6,8H,7H2,1-2H3,(H,16,17)(H,19,20,21). The fourth-order valence-electron chi connectivity index (χ4n) is 2.07. The van der Waals surface area contributed by atoms with Crippen molar-refractivity contribution in [2.45, 2.75) is 20.4 Å². The average Bonchev–Trinajstić information content (AvgIpc) is 3.15. The second kappa shape index (κ2) is 6.57. The monoisotopic (exact) mass is 329 g/mol. The number of carbonyl (C=O) groups excluding carboxylic acids is 1. The number of hydrogen-bond acceptors (Lipinski definition) is 7. The van der Waals surface area contributed by atoms with Gasteiger partial charge in [0.2, 0.25) is 5.13 Å². The van der Waals surface area contributed by atoms with E-state index in [0.29, 0.717) is 23.1 Å². The Hall–Kier alpha value is -2.74. The van der Waals surface area contributed by atoms with Gasteiger partial charge >= 0.3 is 0 Å². The minimum Gasteiger partial charge on any atom is -0.466 e. The molecule has 0 aromatic carbocycles. The van der Waals surface area contributed by atoms with Gasteiger partial charge in [-0.3, -0.25) is 10.1 Å². The molecule has 118 valence electrons. The van der Waals surface area contributed by atoms with E-state index in [9.17, 15) is 4.79 Å². The first-order valence-corrected chi connectivity index (χ1v) is 7.83. The highest BCUT2D eigenvalue weighted by molar-refractivity contribution is 7.13. The van der Waals surface area contributed by atoms with E-state index in [0.717, 1.165) is 17.1 Å². The molecule has 1 amide bonds. The molecule has 7 nitrogen and oxygen atoms in total. The second-order valence-corrected chi connectivity index (χ2v) is 5.76. The Kier molecular flexibility index (Phi) is 4.33. The number of rotatable bonds is 5. The summed E-state index contributed by atoms with van der Waals surface area (Å²) in [5.41, 5.74) is 3.10. The Morgan fingerprint density at radius 2 is 2.22 bits per heavy atom. The normalized spacial score (nSPS) is 10.5. The highest BCUT2D eigenvalue weighted by Crippen LogP contribution is 2.16.